The number of nitrogen functional groups attached to an aromatic ring is 1. The molecule has 1 aromatic heterocycles. The van der Waals surface area contributed by atoms with E-state index < -0.39 is 11.7 Å². The number of ether oxygens (including phenoxy) is 1. The van der Waals surface area contributed by atoms with E-state index in [-0.39, 0.29) is 22.9 Å². The van der Waals surface area contributed by atoms with Gasteiger partial charge in [-0.1, -0.05) is 63.1 Å². The van der Waals surface area contributed by atoms with E-state index in [1.165, 1.54) is 23.5 Å². The quantitative estimate of drug-likeness (QED) is 0.369. The molecule has 1 heterocycles. The van der Waals surface area contributed by atoms with Gasteiger partial charge in [-0.2, -0.15) is 0 Å². The van der Waals surface area contributed by atoms with Crippen molar-refractivity contribution >= 4 is 11.7 Å². The molecule has 3 unspecified atom stereocenters. The summed E-state index contributed by atoms with van der Waals surface area (Å²) in [6.07, 6.45) is 9.40. The molecule has 1 fully saturated rings. The summed E-state index contributed by atoms with van der Waals surface area (Å²) in [5.41, 5.74) is 21.0. The highest BCUT2D eigenvalue weighted by Gasteiger charge is 2.48. The smallest absolute Gasteiger partial charge is 0.251 e. The molecule has 3 atom stereocenters. The summed E-state index contributed by atoms with van der Waals surface area (Å²) in [5.74, 6) is 0.356. The molecule has 2 aliphatic carbocycles. The molecule has 0 spiro atoms. The van der Waals surface area contributed by atoms with Crippen LogP contribution >= 0.6 is 0 Å². The van der Waals surface area contributed by atoms with Crippen LogP contribution in [0.15, 0.2) is 55.0 Å². The first-order valence-corrected chi connectivity index (χ1v) is 13.4. The number of primary amides is 1. The number of benzene rings is 2. The summed E-state index contributed by atoms with van der Waals surface area (Å²) < 4.78 is 19.5. The Morgan fingerprint density at radius 3 is 2.66 bits per heavy atom. The number of fused-ring (bicyclic) bond motifs is 1. The van der Waals surface area contributed by atoms with E-state index in [4.69, 9.17) is 21.9 Å². The van der Waals surface area contributed by atoms with Gasteiger partial charge in [-0.15, -0.1) is 0 Å². The molecule has 6 N–H and O–H groups in total. The van der Waals surface area contributed by atoms with E-state index in [0.29, 0.717) is 29.7 Å². The lowest BCUT2D eigenvalue weighted by atomic mass is 9.66. The number of hydrogen-bond acceptors (Lipinski definition) is 6. The Morgan fingerprint density at radius 1 is 1.21 bits per heavy atom. The van der Waals surface area contributed by atoms with Crippen LogP contribution in [0.3, 0.4) is 0 Å². The number of amides is 1. The van der Waals surface area contributed by atoms with Crippen molar-refractivity contribution in [1.82, 2.24) is 9.97 Å². The topological polar surface area (TPSA) is 130 Å². The Bertz CT molecular complexity index is 1260. The normalized spacial score (nSPS) is 20.7. The van der Waals surface area contributed by atoms with Crippen molar-refractivity contribution in [3.63, 3.8) is 0 Å². The third-order valence-electron chi connectivity index (χ3n) is 7.95. The summed E-state index contributed by atoms with van der Waals surface area (Å²) in [6, 6.07) is 13.6. The fourth-order valence-corrected chi connectivity index (χ4v) is 5.69. The largest absolute Gasteiger partial charge is 0.488 e. The number of unbranched alkanes of at least 4 members (excludes halogenated alkanes) is 1. The Labute approximate surface area is 224 Å². The number of anilines is 1. The standard InChI is InChI=1S/C20H28N4O.C10H10FNO/c1-3-4-9-20(16-8-6-5-7-15(16)10-18(20)21)14(2)12-25-17-11-23-13-24-19(17)22;11-9-7(6-4-5-6)2-1-3-8(9)10(12)13/h5-8,11,13-14,18H,3-4,9-10,12,21H2,1-2H3,(H2,22,23,24);1-3,6H,4-5H2,(H2,12,13). The summed E-state index contributed by atoms with van der Waals surface area (Å²) in [5, 5.41) is 0. The Hall–Kier alpha value is -3.52. The van der Waals surface area contributed by atoms with Gasteiger partial charge in [-0.3, -0.25) is 4.79 Å². The molecule has 2 aliphatic rings. The minimum absolute atomic E-state index is 0.00407. The second-order valence-corrected chi connectivity index (χ2v) is 10.4. The van der Waals surface area contributed by atoms with Crippen LogP contribution in [0.2, 0.25) is 0 Å². The number of carbonyl (C=O) groups is 1. The van der Waals surface area contributed by atoms with Gasteiger partial charge < -0.3 is 21.9 Å². The van der Waals surface area contributed by atoms with Crippen molar-refractivity contribution in [3.05, 3.63) is 83.1 Å². The summed E-state index contributed by atoms with van der Waals surface area (Å²) in [4.78, 5) is 18.8. The van der Waals surface area contributed by atoms with Gasteiger partial charge in [0.25, 0.3) is 5.91 Å². The lowest BCUT2D eigenvalue weighted by Crippen LogP contribution is -2.49. The van der Waals surface area contributed by atoms with Crippen LogP contribution in [-0.2, 0) is 11.8 Å². The molecule has 0 saturated heterocycles. The van der Waals surface area contributed by atoms with Crippen LogP contribution in [-0.4, -0.2) is 28.5 Å². The zero-order valence-corrected chi connectivity index (χ0v) is 22.2. The first-order valence-electron chi connectivity index (χ1n) is 13.4. The third-order valence-corrected chi connectivity index (χ3v) is 7.95. The fourth-order valence-electron chi connectivity index (χ4n) is 5.69. The highest BCUT2D eigenvalue weighted by molar-refractivity contribution is 5.93. The van der Waals surface area contributed by atoms with E-state index in [9.17, 15) is 9.18 Å². The molecule has 1 saturated carbocycles. The SMILES string of the molecule is CCCCC1(C(C)COc2cncnc2N)c2ccccc2CC1N.NC(=O)c1cccc(C2CC2)c1F. The van der Waals surface area contributed by atoms with E-state index in [1.54, 1.807) is 18.3 Å². The van der Waals surface area contributed by atoms with Gasteiger partial charge in [0.05, 0.1) is 18.4 Å². The second-order valence-electron chi connectivity index (χ2n) is 10.4. The zero-order valence-electron chi connectivity index (χ0n) is 22.2. The van der Waals surface area contributed by atoms with Crippen LogP contribution in [0.5, 0.6) is 5.75 Å². The van der Waals surface area contributed by atoms with E-state index >= 15 is 0 Å². The van der Waals surface area contributed by atoms with Crippen LogP contribution < -0.4 is 21.9 Å². The molecule has 202 valence electrons. The monoisotopic (exact) mass is 519 g/mol. The van der Waals surface area contributed by atoms with Crippen molar-refractivity contribution in [3.8, 4) is 5.75 Å². The second kappa shape index (κ2) is 11.9. The molecule has 0 aliphatic heterocycles. The molecule has 38 heavy (non-hydrogen) atoms. The highest BCUT2D eigenvalue weighted by atomic mass is 19.1. The maximum atomic E-state index is 13.5. The first kappa shape index (κ1) is 27.5. The third kappa shape index (κ3) is 5.65. The molecule has 0 bridgehead atoms. The average molecular weight is 520 g/mol. The maximum absolute atomic E-state index is 13.5. The number of halogens is 1. The number of carbonyl (C=O) groups excluding carboxylic acids is 1. The fraction of sp³-hybridized carbons (Fsp3) is 0.433. The van der Waals surface area contributed by atoms with Crippen molar-refractivity contribution < 1.29 is 13.9 Å². The van der Waals surface area contributed by atoms with Crippen molar-refractivity contribution in [1.29, 1.82) is 0 Å². The Morgan fingerprint density at radius 2 is 1.97 bits per heavy atom. The van der Waals surface area contributed by atoms with Crippen LogP contribution in [0, 0.1) is 11.7 Å². The van der Waals surface area contributed by atoms with Crippen molar-refractivity contribution in [2.75, 3.05) is 12.3 Å². The minimum Gasteiger partial charge on any atom is -0.488 e. The first-order chi connectivity index (χ1) is 18.3. The number of hydrogen-bond donors (Lipinski definition) is 3. The minimum atomic E-state index is -0.694. The number of aromatic nitrogens is 2. The summed E-state index contributed by atoms with van der Waals surface area (Å²) in [7, 11) is 0. The van der Waals surface area contributed by atoms with Gasteiger partial charge >= 0.3 is 0 Å². The molecule has 3 aromatic rings. The molecule has 8 heteroatoms. The Kier molecular flexibility index (Phi) is 8.62. The van der Waals surface area contributed by atoms with E-state index in [0.717, 1.165) is 38.5 Å². The molecular weight excluding hydrogens is 481 g/mol. The lowest BCUT2D eigenvalue weighted by Gasteiger charge is -2.40. The van der Waals surface area contributed by atoms with Gasteiger partial charge in [0.15, 0.2) is 11.6 Å². The maximum Gasteiger partial charge on any atom is 0.251 e. The molecule has 0 radical (unpaired) electrons. The molecule has 7 nitrogen and oxygen atoms in total. The van der Waals surface area contributed by atoms with Gasteiger partial charge in [0.2, 0.25) is 0 Å². The number of rotatable bonds is 9. The highest BCUT2D eigenvalue weighted by Crippen LogP contribution is 2.47. The summed E-state index contributed by atoms with van der Waals surface area (Å²) >= 11 is 0. The van der Waals surface area contributed by atoms with E-state index in [1.807, 2.05) is 0 Å². The van der Waals surface area contributed by atoms with Gasteiger partial charge in [0, 0.05) is 17.4 Å². The van der Waals surface area contributed by atoms with Crippen LogP contribution in [0.1, 0.15) is 78.9 Å². The van der Waals surface area contributed by atoms with Crippen molar-refractivity contribution in [2.45, 2.75) is 69.7 Å². The van der Waals surface area contributed by atoms with Crippen LogP contribution in [0.25, 0.3) is 0 Å². The van der Waals surface area contributed by atoms with Gasteiger partial charge in [0.1, 0.15) is 12.1 Å². The predicted molar refractivity (Wildman–Crippen MR) is 147 cm³/mol. The molecule has 2 aromatic carbocycles. The van der Waals surface area contributed by atoms with Crippen molar-refractivity contribution in [2.24, 2.45) is 17.4 Å². The zero-order chi connectivity index (χ0) is 27.3. The van der Waals surface area contributed by atoms with E-state index in [2.05, 4.69) is 48.1 Å². The predicted octanol–water partition coefficient (Wildman–Crippen LogP) is 4.89. The summed E-state index contributed by atoms with van der Waals surface area (Å²) in [6.45, 7) is 5.00. The molecule has 5 rings (SSSR count). The van der Waals surface area contributed by atoms with Gasteiger partial charge in [-0.25, -0.2) is 14.4 Å². The average Bonchev–Trinajstić information content (AvgIpc) is 3.71. The molecule has 1 amide bonds. The Balaban J connectivity index is 0.000000216. The van der Waals surface area contributed by atoms with Crippen LogP contribution in [0.4, 0.5) is 10.2 Å². The van der Waals surface area contributed by atoms with Gasteiger partial charge in [-0.05, 0) is 54.4 Å². The number of nitrogens with two attached hydrogens (primary N) is 3. The number of nitrogens with zero attached hydrogens (tertiary/aromatic N) is 2. The lowest BCUT2D eigenvalue weighted by molar-refractivity contribution is 0.0996. The molecular formula is C30H38FN5O2.